The van der Waals surface area contributed by atoms with Crippen molar-refractivity contribution in [3.05, 3.63) is 34.4 Å². The Kier molecular flexibility index (Phi) is 5.01. The largest absolute Gasteiger partial charge is 0.507 e. The van der Waals surface area contributed by atoms with Crippen molar-refractivity contribution < 1.29 is 29.3 Å². The van der Waals surface area contributed by atoms with Crippen LogP contribution in [0.15, 0.2) is 18.2 Å². The zero-order valence-corrected chi connectivity index (χ0v) is 14.5. The monoisotopic (exact) mass is 366 g/mol. The predicted octanol–water partition coefficient (Wildman–Crippen LogP) is 2.92. The van der Waals surface area contributed by atoms with E-state index in [9.17, 15) is 19.8 Å². The van der Waals surface area contributed by atoms with E-state index < -0.39 is 17.8 Å². The zero-order chi connectivity index (χ0) is 18.1. The van der Waals surface area contributed by atoms with Crippen molar-refractivity contribution in [1.29, 1.82) is 0 Å². The van der Waals surface area contributed by atoms with E-state index in [1.54, 1.807) is 6.92 Å². The summed E-state index contributed by atoms with van der Waals surface area (Å²) < 4.78 is 10.9. The highest BCUT2D eigenvalue weighted by molar-refractivity contribution is 6.33. The molecule has 0 amide bonds. The molecule has 1 fully saturated rings. The normalized spacial score (nSPS) is 28.3. The van der Waals surface area contributed by atoms with Crippen LogP contribution < -0.4 is 0 Å². The van der Waals surface area contributed by atoms with Gasteiger partial charge in [-0.25, -0.2) is 4.79 Å². The first-order valence-electron chi connectivity index (χ1n) is 8.15. The van der Waals surface area contributed by atoms with Gasteiger partial charge >= 0.3 is 5.97 Å². The smallest absolute Gasteiger partial charge is 0.342 e. The van der Waals surface area contributed by atoms with Crippen LogP contribution >= 0.6 is 11.6 Å². The lowest BCUT2D eigenvalue weighted by Crippen LogP contribution is -2.20. The number of benzene rings is 1. The first kappa shape index (κ1) is 17.8. The summed E-state index contributed by atoms with van der Waals surface area (Å²) in [5, 5.41) is 19.8. The number of hydrogen-bond acceptors (Lipinski definition) is 6. The third kappa shape index (κ3) is 3.96. The number of ketones is 1. The Morgan fingerprint density at radius 2 is 2.00 bits per heavy atom. The Bertz CT molecular complexity index is 742. The summed E-state index contributed by atoms with van der Waals surface area (Å²) in [6, 6.07) is 0.976. The van der Waals surface area contributed by atoms with Crippen molar-refractivity contribution in [2.45, 2.75) is 50.9 Å². The highest BCUT2D eigenvalue weighted by atomic mass is 35.5. The van der Waals surface area contributed by atoms with Crippen molar-refractivity contribution in [2.75, 3.05) is 0 Å². The standard InChI is InChI=1S/C18H19ClO6/c1-9-6-15-14(25-15)5-3-2-4-10(20)7-11-16(18(23)24-9)12(21)8-13(22)17(11)19/h3,5,8-9,14-15,21-22H,2,4,6-7H2,1H3/b5-3-/t9-,14-,15-/m1/s1. The second kappa shape index (κ2) is 7.06. The molecule has 0 aliphatic carbocycles. The Morgan fingerprint density at radius 1 is 1.24 bits per heavy atom. The van der Waals surface area contributed by atoms with Crippen molar-refractivity contribution in [2.24, 2.45) is 0 Å². The van der Waals surface area contributed by atoms with Gasteiger partial charge in [0.2, 0.25) is 0 Å². The van der Waals surface area contributed by atoms with Crippen LogP contribution in [-0.2, 0) is 20.7 Å². The molecule has 0 aromatic heterocycles. The molecule has 2 aliphatic rings. The van der Waals surface area contributed by atoms with Crippen LogP contribution in [-0.4, -0.2) is 40.3 Å². The van der Waals surface area contributed by atoms with Crippen LogP contribution in [0.25, 0.3) is 0 Å². The van der Waals surface area contributed by atoms with Gasteiger partial charge in [0.25, 0.3) is 0 Å². The van der Waals surface area contributed by atoms with Crippen LogP contribution in [0.5, 0.6) is 11.5 Å². The summed E-state index contributed by atoms with van der Waals surface area (Å²) in [5.41, 5.74) is -0.0909. The molecule has 0 unspecified atom stereocenters. The number of cyclic esters (lactones) is 1. The quantitative estimate of drug-likeness (QED) is 0.416. The zero-order valence-electron chi connectivity index (χ0n) is 13.7. The van der Waals surface area contributed by atoms with Gasteiger partial charge in [0.05, 0.1) is 11.1 Å². The van der Waals surface area contributed by atoms with Crippen molar-refractivity contribution in [3.8, 4) is 11.5 Å². The van der Waals surface area contributed by atoms with Crippen molar-refractivity contribution in [3.63, 3.8) is 0 Å². The molecular weight excluding hydrogens is 348 g/mol. The molecule has 2 heterocycles. The van der Waals surface area contributed by atoms with Crippen molar-refractivity contribution in [1.82, 2.24) is 0 Å². The van der Waals surface area contributed by atoms with Gasteiger partial charge in [-0.3, -0.25) is 4.79 Å². The van der Waals surface area contributed by atoms with Gasteiger partial charge in [0.15, 0.2) is 0 Å². The number of aromatic hydroxyl groups is 2. The number of hydrogen-bond donors (Lipinski definition) is 2. The lowest BCUT2D eigenvalue weighted by atomic mass is 9.98. The van der Waals surface area contributed by atoms with E-state index in [1.807, 2.05) is 12.2 Å². The highest BCUT2D eigenvalue weighted by Crippen LogP contribution is 2.38. The summed E-state index contributed by atoms with van der Waals surface area (Å²) in [4.78, 5) is 24.7. The molecule has 0 radical (unpaired) electrons. The SMILES string of the molecule is C[C@@H]1C[C@H]2O[C@@H]2/C=C\CCC(=O)Cc2c(Cl)c(O)cc(O)c2C(=O)O1. The van der Waals surface area contributed by atoms with E-state index in [4.69, 9.17) is 21.1 Å². The third-order valence-corrected chi connectivity index (χ3v) is 4.73. The van der Waals surface area contributed by atoms with E-state index in [-0.39, 0.29) is 52.7 Å². The summed E-state index contributed by atoms with van der Waals surface area (Å²) in [5.74, 6) is -1.79. The minimum absolute atomic E-state index is 0.00808. The predicted molar refractivity (Wildman–Crippen MR) is 90.0 cm³/mol. The van der Waals surface area contributed by atoms with Crippen LogP contribution in [0.3, 0.4) is 0 Å². The molecule has 0 spiro atoms. The Hall–Kier alpha value is -2.05. The minimum Gasteiger partial charge on any atom is -0.507 e. The minimum atomic E-state index is -0.778. The van der Waals surface area contributed by atoms with Gasteiger partial charge < -0.3 is 19.7 Å². The second-order valence-electron chi connectivity index (χ2n) is 6.36. The van der Waals surface area contributed by atoms with E-state index in [1.165, 1.54) is 0 Å². The first-order chi connectivity index (χ1) is 11.9. The maximum Gasteiger partial charge on any atom is 0.342 e. The second-order valence-corrected chi connectivity index (χ2v) is 6.73. The van der Waals surface area contributed by atoms with Crippen LogP contribution in [0.4, 0.5) is 0 Å². The Morgan fingerprint density at radius 3 is 2.76 bits per heavy atom. The molecule has 7 heteroatoms. The topological polar surface area (TPSA) is 96.4 Å². The van der Waals surface area contributed by atoms with Gasteiger partial charge in [-0.2, -0.15) is 0 Å². The molecule has 0 bridgehead atoms. The van der Waals surface area contributed by atoms with Gasteiger partial charge in [-0.15, -0.1) is 0 Å². The fourth-order valence-electron chi connectivity index (χ4n) is 2.97. The van der Waals surface area contributed by atoms with Gasteiger partial charge in [0, 0.05) is 30.9 Å². The van der Waals surface area contributed by atoms with Crippen LogP contribution in [0.1, 0.15) is 42.1 Å². The molecule has 3 atom stereocenters. The molecule has 1 saturated heterocycles. The lowest BCUT2D eigenvalue weighted by molar-refractivity contribution is -0.118. The number of allylic oxidation sites excluding steroid dienone is 1. The van der Waals surface area contributed by atoms with Crippen LogP contribution in [0, 0.1) is 0 Å². The molecule has 1 aromatic carbocycles. The number of rotatable bonds is 0. The Labute approximate surface area is 150 Å². The van der Waals surface area contributed by atoms with E-state index >= 15 is 0 Å². The Balaban J connectivity index is 1.96. The molecule has 1 aromatic rings. The fourth-order valence-corrected chi connectivity index (χ4v) is 3.19. The summed E-state index contributed by atoms with van der Waals surface area (Å²) in [7, 11) is 0. The molecule has 2 aliphatic heterocycles. The number of halogens is 1. The van der Waals surface area contributed by atoms with Crippen molar-refractivity contribution >= 4 is 23.4 Å². The number of epoxide rings is 1. The molecule has 6 nitrogen and oxygen atoms in total. The third-order valence-electron chi connectivity index (χ3n) is 4.31. The first-order valence-corrected chi connectivity index (χ1v) is 8.52. The van der Waals surface area contributed by atoms with E-state index in [0.717, 1.165) is 6.07 Å². The number of ether oxygens (including phenoxy) is 2. The number of phenols is 2. The average Bonchev–Trinajstić information content (AvgIpc) is 3.25. The molecule has 2 N–H and O–H groups in total. The number of fused-ring (bicyclic) bond motifs is 2. The highest BCUT2D eigenvalue weighted by Gasteiger charge is 2.38. The molecule has 134 valence electrons. The van der Waals surface area contributed by atoms with Gasteiger partial charge in [-0.1, -0.05) is 23.8 Å². The number of carbonyl (C=O) groups excluding carboxylic acids is 2. The molecule has 25 heavy (non-hydrogen) atoms. The van der Waals surface area contributed by atoms with Crippen LogP contribution in [0.2, 0.25) is 5.02 Å². The number of esters is 1. The molecular formula is C18H19ClO6. The molecule has 0 saturated carbocycles. The summed E-state index contributed by atoms with van der Waals surface area (Å²) >= 11 is 6.08. The van der Waals surface area contributed by atoms with Gasteiger partial charge in [0.1, 0.15) is 35.1 Å². The lowest BCUT2D eigenvalue weighted by Gasteiger charge is -2.17. The van der Waals surface area contributed by atoms with E-state index in [0.29, 0.717) is 12.8 Å². The number of phenolic OH excluding ortho intramolecular Hbond substituents is 2. The summed E-state index contributed by atoms with van der Waals surface area (Å²) in [6.07, 6.45) is 4.51. The summed E-state index contributed by atoms with van der Waals surface area (Å²) in [6.45, 7) is 1.73. The molecule has 3 rings (SSSR count). The maximum atomic E-state index is 12.5. The maximum absolute atomic E-state index is 12.5. The number of Topliss-reactive ketones (excluding diaryl/α,β-unsaturated/α-hetero) is 1. The number of carbonyl (C=O) groups is 2. The van der Waals surface area contributed by atoms with E-state index in [2.05, 4.69) is 0 Å². The fraction of sp³-hybridized carbons (Fsp3) is 0.444. The average molecular weight is 367 g/mol. The van der Waals surface area contributed by atoms with Gasteiger partial charge in [-0.05, 0) is 13.3 Å².